The predicted octanol–water partition coefficient (Wildman–Crippen LogP) is 1.76. The first kappa shape index (κ1) is 15.8. The fourth-order valence-electron chi connectivity index (χ4n) is 2.41. The van der Waals surface area contributed by atoms with E-state index >= 15 is 0 Å². The highest BCUT2D eigenvalue weighted by Gasteiger charge is 2.24. The fraction of sp³-hybridized carbons (Fsp3) is 0.312. The number of benzene rings is 1. The molecule has 0 saturated carbocycles. The number of nitrogens with zero attached hydrogens (tertiary/aromatic N) is 3. The summed E-state index contributed by atoms with van der Waals surface area (Å²) in [7, 11) is 1.76. The summed E-state index contributed by atoms with van der Waals surface area (Å²) in [6, 6.07) is 9.33. The highest BCUT2D eigenvalue weighted by atomic mass is 16.4. The van der Waals surface area contributed by atoms with E-state index in [2.05, 4.69) is 5.10 Å². The van der Waals surface area contributed by atoms with Gasteiger partial charge in [-0.15, -0.1) is 0 Å². The monoisotopic (exact) mass is 301 g/mol. The molecule has 6 nitrogen and oxygen atoms in total. The van der Waals surface area contributed by atoms with Gasteiger partial charge in [-0.2, -0.15) is 5.10 Å². The third-order valence-corrected chi connectivity index (χ3v) is 3.55. The van der Waals surface area contributed by atoms with E-state index in [1.54, 1.807) is 25.6 Å². The molecule has 2 aromatic rings. The van der Waals surface area contributed by atoms with E-state index < -0.39 is 5.97 Å². The zero-order valence-corrected chi connectivity index (χ0v) is 12.9. The van der Waals surface area contributed by atoms with Crippen LogP contribution in [0.5, 0.6) is 0 Å². The third kappa shape index (κ3) is 3.33. The van der Waals surface area contributed by atoms with E-state index in [9.17, 15) is 9.59 Å². The van der Waals surface area contributed by atoms with Gasteiger partial charge in [0.15, 0.2) is 0 Å². The van der Waals surface area contributed by atoms with Gasteiger partial charge in [-0.1, -0.05) is 30.3 Å². The number of carbonyl (C=O) groups excluding carboxylic acids is 1. The van der Waals surface area contributed by atoms with Crippen molar-refractivity contribution in [2.45, 2.75) is 20.4 Å². The summed E-state index contributed by atoms with van der Waals surface area (Å²) < 4.78 is 1.63. The first-order valence-corrected chi connectivity index (χ1v) is 6.95. The van der Waals surface area contributed by atoms with Crippen molar-refractivity contribution in [3.05, 3.63) is 52.8 Å². The molecule has 0 radical (unpaired) electrons. The molecule has 0 atom stereocenters. The summed E-state index contributed by atoms with van der Waals surface area (Å²) in [4.78, 5) is 25.2. The SMILES string of the molecule is Cc1nn(C)c(C)c1C(=O)N(CC(=O)O)Cc1ccccc1. The zero-order valence-electron chi connectivity index (χ0n) is 12.9. The van der Waals surface area contributed by atoms with Gasteiger partial charge in [-0.05, 0) is 19.4 Å². The van der Waals surface area contributed by atoms with Gasteiger partial charge in [0.25, 0.3) is 5.91 Å². The van der Waals surface area contributed by atoms with Gasteiger partial charge in [0.05, 0.1) is 11.3 Å². The molecule has 0 aliphatic rings. The molecular weight excluding hydrogens is 282 g/mol. The standard InChI is InChI=1S/C16H19N3O3/c1-11-15(12(2)18(3)17-11)16(22)19(10-14(20)21)9-13-7-5-4-6-8-13/h4-8H,9-10H2,1-3H3,(H,20,21). The van der Waals surface area contributed by atoms with Gasteiger partial charge >= 0.3 is 5.97 Å². The Morgan fingerprint density at radius 2 is 1.86 bits per heavy atom. The van der Waals surface area contributed by atoms with Crippen molar-refractivity contribution < 1.29 is 14.7 Å². The van der Waals surface area contributed by atoms with Crippen LogP contribution in [0.15, 0.2) is 30.3 Å². The van der Waals surface area contributed by atoms with Crippen LogP contribution in [0.1, 0.15) is 27.3 Å². The van der Waals surface area contributed by atoms with E-state index in [-0.39, 0.29) is 19.0 Å². The molecule has 6 heteroatoms. The van der Waals surface area contributed by atoms with Gasteiger partial charge in [0.2, 0.25) is 0 Å². The Labute approximate surface area is 129 Å². The molecule has 0 fully saturated rings. The molecule has 0 aliphatic heterocycles. The number of carbonyl (C=O) groups is 2. The van der Waals surface area contributed by atoms with Crippen molar-refractivity contribution in [3.8, 4) is 0 Å². The normalized spacial score (nSPS) is 10.5. The molecular formula is C16H19N3O3. The van der Waals surface area contributed by atoms with E-state index in [0.29, 0.717) is 11.3 Å². The van der Waals surface area contributed by atoms with Crippen molar-refractivity contribution >= 4 is 11.9 Å². The zero-order chi connectivity index (χ0) is 16.3. The summed E-state index contributed by atoms with van der Waals surface area (Å²) in [5.74, 6) is -1.35. The average Bonchev–Trinajstić information content (AvgIpc) is 2.71. The van der Waals surface area contributed by atoms with Gasteiger partial charge in [-0.3, -0.25) is 14.3 Å². The lowest BCUT2D eigenvalue weighted by Crippen LogP contribution is -2.35. The van der Waals surface area contributed by atoms with Crippen molar-refractivity contribution in [1.82, 2.24) is 14.7 Å². The lowest BCUT2D eigenvalue weighted by Gasteiger charge is -2.21. The fourth-order valence-corrected chi connectivity index (χ4v) is 2.41. The number of aryl methyl sites for hydroxylation is 2. The number of carboxylic acid groups (broad SMARTS) is 1. The van der Waals surface area contributed by atoms with Crippen LogP contribution in [0.4, 0.5) is 0 Å². The highest BCUT2D eigenvalue weighted by molar-refractivity contribution is 5.97. The molecule has 0 spiro atoms. The Bertz CT molecular complexity index is 692. The molecule has 0 aliphatic carbocycles. The highest BCUT2D eigenvalue weighted by Crippen LogP contribution is 2.16. The molecule has 1 amide bonds. The van der Waals surface area contributed by atoms with Crippen LogP contribution in [0.2, 0.25) is 0 Å². The summed E-state index contributed by atoms with van der Waals surface area (Å²) in [5.41, 5.74) is 2.69. The van der Waals surface area contributed by atoms with Crippen LogP contribution in [0.3, 0.4) is 0 Å². The summed E-state index contributed by atoms with van der Waals surface area (Å²) in [6.07, 6.45) is 0. The van der Waals surface area contributed by atoms with Crippen LogP contribution in [0.25, 0.3) is 0 Å². The maximum Gasteiger partial charge on any atom is 0.323 e. The van der Waals surface area contributed by atoms with Crippen molar-refractivity contribution in [3.63, 3.8) is 0 Å². The van der Waals surface area contributed by atoms with Crippen molar-refractivity contribution in [1.29, 1.82) is 0 Å². The van der Waals surface area contributed by atoms with Gasteiger partial charge in [0.1, 0.15) is 6.54 Å². The molecule has 22 heavy (non-hydrogen) atoms. The summed E-state index contributed by atoms with van der Waals surface area (Å²) in [6.45, 7) is 3.46. The third-order valence-electron chi connectivity index (χ3n) is 3.55. The van der Waals surface area contributed by atoms with Gasteiger partial charge in [-0.25, -0.2) is 0 Å². The lowest BCUT2D eigenvalue weighted by molar-refractivity contribution is -0.137. The molecule has 0 bridgehead atoms. The quantitative estimate of drug-likeness (QED) is 0.913. The summed E-state index contributed by atoms with van der Waals surface area (Å²) in [5, 5.41) is 13.3. The topological polar surface area (TPSA) is 75.4 Å². The number of hydrogen-bond acceptors (Lipinski definition) is 3. The van der Waals surface area contributed by atoms with Crippen molar-refractivity contribution in [2.75, 3.05) is 6.54 Å². The maximum atomic E-state index is 12.7. The van der Waals surface area contributed by atoms with Crippen LogP contribution < -0.4 is 0 Å². The number of amides is 1. The second-order valence-electron chi connectivity index (χ2n) is 5.21. The van der Waals surface area contributed by atoms with E-state index in [0.717, 1.165) is 11.3 Å². The van der Waals surface area contributed by atoms with Gasteiger partial charge in [0, 0.05) is 19.3 Å². The van der Waals surface area contributed by atoms with Crippen LogP contribution in [-0.2, 0) is 18.4 Å². The Kier molecular flexibility index (Phi) is 4.60. The second-order valence-corrected chi connectivity index (χ2v) is 5.21. The Morgan fingerprint density at radius 3 is 2.36 bits per heavy atom. The largest absolute Gasteiger partial charge is 0.480 e. The Morgan fingerprint density at radius 1 is 1.23 bits per heavy atom. The van der Waals surface area contributed by atoms with Gasteiger partial charge < -0.3 is 10.0 Å². The number of hydrogen-bond donors (Lipinski definition) is 1. The minimum Gasteiger partial charge on any atom is -0.480 e. The number of aliphatic carboxylic acids is 1. The number of aromatic nitrogens is 2. The Hall–Kier alpha value is -2.63. The lowest BCUT2D eigenvalue weighted by atomic mass is 10.1. The van der Waals surface area contributed by atoms with Crippen LogP contribution >= 0.6 is 0 Å². The molecule has 0 saturated heterocycles. The number of rotatable bonds is 5. The minimum absolute atomic E-state index is 0.250. The molecule has 0 unspecified atom stereocenters. The molecule has 116 valence electrons. The molecule has 1 N–H and O–H groups in total. The van der Waals surface area contributed by atoms with Crippen LogP contribution in [-0.4, -0.2) is 38.2 Å². The minimum atomic E-state index is -1.04. The van der Waals surface area contributed by atoms with E-state index in [4.69, 9.17) is 5.11 Å². The smallest absolute Gasteiger partial charge is 0.323 e. The first-order valence-electron chi connectivity index (χ1n) is 6.95. The van der Waals surface area contributed by atoms with E-state index in [1.165, 1.54) is 4.90 Å². The first-order chi connectivity index (χ1) is 10.4. The average molecular weight is 301 g/mol. The summed E-state index contributed by atoms with van der Waals surface area (Å²) >= 11 is 0. The predicted molar refractivity (Wildman–Crippen MR) is 81.5 cm³/mol. The number of carboxylic acids is 1. The van der Waals surface area contributed by atoms with E-state index in [1.807, 2.05) is 30.3 Å². The second kappa shape index (κ2) is 6.43. The van der Waals surface area contributed by atoms with Crippen LogP contribution in [0, 0.1) is 13.8 Å². The molecule has 1 aromatic carbocycles. The molecule has 1 heterocycles. The Balaban J connectivity index is 2.32. The van der Waals surface area contributed by atoms with Crippen molar-refractivity contribution in [2.24, 2.45) is 7.05 Å². The molecule has 2 rings (SSSR count). The maximum absolute atomic E-state index is 12.7. The molecule has 1 aromatic heterocycles.